The van der Waals surface area contributed by atoms with E-state index in [0.717, 1.165) is 7.05 Å². The lowest BCUT2D eigenvalue weighted by Gasteiger charge is -2.12. The Labute approximate surface area is 104 Å². The first-order chi connectivity index (χ1) is 8.61. The number of halogens is 5. The average Bonchev–Trinajstić information content (AvgIpc) is 2.32. The van der Waals surface area contributed by atoms with Crippen molar-refractivity contribution in [1.82, 2.24) is 4.90 Å². The van der Waals surface area contributed by atoms with Crippen LogP contribution in [0.15, 0.2) is 11.7 Å². The van der Waals surface area contributed by atoms with Crippen molar-refractivity contribution in [2.45, 2.75) is 6.18 Å². The zero-order valence-corrected chi connectivity index (χ0v) is 9.55. The number of allylic oxidation sites excluding steroid dienone is 1. The van der Waals surface area contributed by atoms with E-state index in [1.807, 2.05) is 5.92 Å². The van der Waals surface area contributed by atoms with Crippen LogP contribution < -0.4 is 0 Å². The SMILES string of the molecule is C#CCN(C)C(=O)C(=O)OC/C(F)=C(\F)C(F)(F)F. The number of amides is 1. The molecule has 0 aliphatic rings. The molecule has 0 aliphatic heterocycles. The molecule has 0 aromatic rings. The Bertz CT molecular complexity index is 435. The Morgan fingerprint density at radius 3 is 2.26 bits per heavy atom. The Hall–Kier alpha value is -2.11. The molecule has 0 fully saturated rings. The molecule has 0 radical (unpaired) electrons. The third-order valence-corrected chi connectivity index (χ3v) is 1.67. The van der Waals surface area contributed by atoms with Crippen molar-refractivity contribution in [2.75, 3.05) is 20.2 Å². The first kappa shape index (κ1) is 16.9. The Balaban J connectivity index is 4.56. The number of hydrogen-bond acceptors (Lipinski definition) is 3. The van der Waals surface area contributed by atoms with Crippen LogP contribution in [0.25, 0.3) is 0 Å². The molecule has 1 amide bonds. The molecule has 0 aromatic heterocycles. The summed E-state index contributed by atoms with van der Waals surface area (Å²) in [6.45, 7) is -1.90. The molecule has 0 N–H and O–H groups in total. The highest BCUT2D eigenvalue weighted by atomic mass is 19.4. The second-order valence-corrected chi connectivity index (χ2v) is 3.16. The molecule has 0 aromatic carbocycles. The summed E-state index contributed by atoms with van der Waals surface area (Å²) in [6.07, 6.45) is -0.688. The van der Waals surface area contributed by atoms with Crippen molar-refractivity contribution in [3.05, 3.63) is 11.7 Å². The van der Waals surface area contributed by atoms with Gasteiger partial charge in [-0.15, -0.1) is 6.42 Å². The van der Waals surface area contributed by atoms with Crippen molar-refractivity contribution < 1.29 is 36.3 Å². The Morgan fingerprint density at radius 1 is 1.32 bits per heavy atom. The van der Waals surface area contributed by atoms with E-state index in [2.05, 4.69) is 4.74 Å². The lowest BCUT2D eigenvalue weighted by atomic mass is 10.4. The minimum absolute atomic E-state index is 0.261. The second-order valence-electron chi connectivity index (χ2n) is 3.16. The molecule has 106 valence electrons. The smallest absolute Gasteiger partial charge is 0.445 e. The predicted molar refractivity (Wildman–Crippen MR) is 52.7 cm³/mol. The summed E-state index contributed by atoms with van der Waals surface area (Å²) in [4.78, 5) is 22.8. The van der Waals surface area contributed by atoms with Crippen LogP contribution in [0.2, 0.25) is 0 Å². The number of nitrogens with zero attached hydrogens (tertiary/aromatic N) is 1. The minimum Gasteiger partial charge on any atom is -0.451 e. The average molecular weight is 285 g/mol. The fraction of sp³-hybridized carbons (Fsp3) is 0.400. The number of rotatable bonds is 3. The van der Waals surface area contributed by atoms with Crippen LogP contribution in [-0.2, 0) is 14.3 Å². The van der Waals surface area contributed by atoms with Gasteiger partial charge in [0.1, 0.15) is 6.61 Å². The van der Waals surface area contributed by atoms with Gasteiger partial charge in [0.25, 0.3) is 0 Å². The summed E-state index contributed by atoms with van der Waals surface area (Å²) in [5.74, 6) is -6.30. The zero-order valence-electron chi connectivity index (χ0n) is 9.55. The molecule has 0 aliphatic carbocycles. The molecule has 0 saturated carbocycles. The number of ether oxygens (including phenoxy) is 1. The molecule has 0 spiro atoms. The van der Waals surface area contributed by atoms with Gasteiger partial charge in [-0.1, -0.05) is 5.92 Å². The molecule has 0 bridgehead atoms. The topological polar surface area (TPSA) is 46.6 Å². The van der Waals surface area contributed by atoms with Gasteiger partial charge in [0.05, 0.1) is 6.54 Å². The first-order valence-electron chi connectivity index (χ1n) is 4.58. The standard InChI is InChI=1S/C10H8F5NO3/c1-3-4-16(2)8(17)9(18)19-5-6(11)7(12)10(13,14)15/h1H,4-5H2,2H3/b7-6+. The molecular weight excluding hydrogens is 277 g/mol. The Morgan fingerprint density at radius 2 is 1.84 bits per heavy atom. The monoisotopic (exact) mass is 285 g/mol. The summed E-state index contributed by atoms with van der Waals surface area (Å²) in [6, 6.07) is 0. The largest absolute Gasteiger partial charge is 0.451 e. The molecule has 0 rings (SSSR count). The molecule has 0 unspecified atom stereocenters. The fourth-order valence-electron chi connectivity index (χ4n) is 0.772. The molecule has 4 nitrogen and oxygen atoms in total. The highest BCUT2D eigenvalue weighted by Gasteiger charge is 2.38. The van der Waals surface area contributed by atoms with Crippen molar-refractivity contribution in [2.24, 2.45) is 0 Å². The van der Waals surface area contributed by atoms with Crippen LogP contribution in [0, 0.1) is 12.3 Å². The maximum atomic E-state index is 12.6. The second kappa shape index (κ2) is 6.72. The van der Waals surface area contributed by atoms with E-state index in [-0.39, 0.29) is 6.54 Å². The Kier molecular flexibility index (Phi) is 5.98. The van der Waals surface area contributed by atoms with Gasteiger partial charge >= 0.3 is 18.1 Å². The summed E-state index contributed by atoms with van der Waals surface area (Å²) >= 11 is 0. The highest BCUT2D eigenvalue weighted by molar-refractivity contribution is 6.32. The third kappa shape index (κ3) is 5.37. The van der Waals surface area contributed by atoms with E-state index < -0.39 is 36.3 Å². The van der Waals surface area contributed by atoms with Gasteiger partial charge < -0.3 is 9.64 Å². The quantitative estimate of drug-likeness (QED) is 0.340. The predicted octanol–water partition coefficient (Wildman–Crippen LogP) is 1.33. The number of carbonyl (C=O) groups is 2. The van der Waals surface area contributed by atoms with Crippen LogP contribution in [0.3, 0.4) is 0 Å². The third-order valence-electron chi connectivity index (χ3n) is 1.67. The molecule has 0 heterocycles. The van der Waals surface area contributed by atoms with E-state index in [0.29, 0.717) is 4.90 Å². The van der Waals surface area contributed by atoms with E-state index in [9.17, 15) is 31.5 Å². The van der Waals surface area contributed by atoms with Crippen molar-refractivity contribution in [3.63, 3.8) is 0 Å². The summed E-state index contributed by atoms with van der Waals surface area (Å²) in [5.41, 5.74) is 0. The number of terminal acetylenes is 1. The van der Waals surface area contributed by atoms with Crippen molar-refractivity contribution in [3.8, 4) is 12.3 Å². The lowest BCUT2D eigenvalue weighted by Crippen LogP contribution is -2.35. The molecular formula is C10H8F5NO3. The molecule has 0 atom stereocenters. The van der Waals surface area contributed by atoms with Gasteiger partial charge in [0.15, 0.2) is 5.83 Å². The van der Waals surface area contributed by atoms with Gasteiger partial charge in [0.2, 0.25) is 5.83 Å². The van der Waals surface area contributed by atoms with E-state index >= 15 is 0 Å². The van der Waals surface area contributed by atoms with Crippen LogP contribution in [0.1, 0.15) is 0 Å². The van der Waals surface area contributed by atoms with E-state index in [1.54, 1.807) is 0 Å². The van der Waals surface area contributed by atoms with Gasteiger partial charge in [0, 0.05) is 7.05 Å². The summed E-state index contributed by atoms with van der Waals surface area (Å²) in [7, 11) is 1.12. The zero-order chi connectivity index (χ0) is 15.2. The molecule has 9 heteroatoms. The van der Waals surface area contributed by atoms with Gasteiger partial charge in [-0.2, -0.15) is 17.6 Å². The van der Waals surface area contributed by atoms with Crippen molar-refractivity contribution >= 4 is 11.9 Å². The highest BCUT2D eigenvalue weighted by Crippen LogP contribution is 2.29. The normalized spacial score (nSPS) is 12.3. The summed E-state index contributed by atoms with van der Waals surface area (Å²) < 4.78 is 63.9. The number of likely N-dealkylation sites (N-methyl/N-ethyl adjacent to an activating group) is 1. The summed E-state index contributed by atoms with van der Waals surface area (Å²) in [5, 5.41) is 0. The maximum Gasteiger partial charge on any atom is 0.445 e. The lowest BCUT2D eigenvalue weighted by molar-refractivity contribution is -0.159. The number of carbonyl (C=O) groups excluding carboxylic acids is 2. The number of esters is 1. The molecule has 0 saturated heterocycles. The van der Waals surface area contributed by atoms with Gasteiger partial charge in [-0.05, 0) is 0 Å². The van der Waals surface area contributed by atoms with Crippen LogP contribution in [0.5, 0.6) is 0 Å². The first-order valence-corrected chi connectivity index (χ1v) is 4.58. The maximum absolute atomic E-state index is 12.6. The van der Waals surface area contributed by atoms with E-state index in [4.69, 9.17) is 6.42 Å². The fourth-order valence-corrected chi connectivity index (χ4v) is 0.772. The van der Waals surface area contributed by atoms with Gasteiger partial charge in [-0.3, -0.25) is 4.79 Å². The number of alkyl halides is 3. The van der Waals surface area contributed by atoms with Gasteiger partial charge in [-0.25, -0.2) is 9.18 Å². The van der Waals surface area contributed by atoms with Crippen LogP contribution in [-0.4, -0.2) is 43.2 Å². The number of hydrogen-bond donors (Lipinski definition) is 0. The van der Waals surface area contributed by atoms with E-state index in [1.165, 1.54) is 0 Å². The minimum atomic E-state index is -5.53. The van der Waals surface area contributed by atoms with Crippen molar-refractivity contribution in [1.29, 1.82) is 0 Å². The van der Waals surface area contributed by atoms with Crippen LogP contribution in [0.4, 0.5) is 22.0 Å². The molecule has 19 heavy (non-hydrogen) atoms. The van der Waals surface area contributed by atoms with Crippen LogP contribution >= 0.6 is 0 Å².